The molecule has 0 saturated heterocycles. The number of carboxylic acid groups (broad SMARTS) is 1. The Bertz CT molecular complexity index is 342. The normalized spacial score (nSPS) is 10.4. The molecular formula is C11H12O3. The molecule has 0 spiro atoms. The summed E-state index contributed by atoms with van der Waals surface area (Å²) in [6, 6.07) is 7.60. The van der Waals surface area contributed by atoms with Gasteiger partial charge in [0.15, 0.2) is 0 Å². The van der Waals surface area contributed by atoms with Crippen LogP contribution in [0.4, 0.5) is 0 Å². The van der Waals surface area contributed by atoms with E-state index >= 15 is 0 Å². The van der Waals surface area contributed by atoms with E-state index in [9.17, 15) is 4.79 Å². The zero-order valence-corrected chi connectivity index (χ0v) is 7.93. The monoisotopic (exact) mass is 192 g/mol. The minimum atomic E-state index is -0.960. The van der Waals surface area contributed by atoms with Crippen LogP contribution in [0.3, 0.4) is 0 Å². The second-order valence-electron chi connectivity index (χ2n) is 2.87. The predicted octanol–water partition coefficient (Wildman–Crippen LogP) is 2.01. The fraction of sp³-hybridized carbons (Fsp3) is 0.182. The van der Waals surface area contributed by atoms with E-state index in [0.29, 0.717) is 0 Å². The lowest BCUT2D eigenvalue weighted by atomic mass is 10.2. The second-order valence-corrected chi connectivity index (χ2v) is 2.87. The van der Waals surface area contributed by atoms with Gasteiger partial charge in [0.1, 0.15) is 12.4 Å². The molecule has 0 aliphatic heterocycles. The second kappa shape index (κ2) is 5.07. The van der Waals surface area contributed by atoms with Crippen LogP contribution in [-0.4, -0.2) is 17.7 Å². The molecule has 0 aromatic heterocycles. The number of aryl methyl sites for hydroxylation is 1. The van der Waals surface area contributed by atoms with E-state index < -0.39 is 5.97 Å². The molecular weight excluding hydrogens is 180 g/mol. The molecule has 1 aromatic carbocycles. The summed E-state index contributed by atoms with van der Waals surface area (Å²) in [5.41, 5.74) is 1.12. The van der Waals surface area contributed by atoms with Gasteiger partial charge >= 0.3 is 5.97 Å². The third-order valence-electron chi connectivity index (χ3n) is 1.60. The standard InChI is InChI=1S/C11H12O3/c1-9-4-2-5-10(8-9)14-7-3-6-11(12)13/h2-6,8H,7H2,1H3,(H,12,13)/b6-3+. The SMILES string of the molecule is Cc1cccc(OC/C=C/C(=O)O)c1. The number of aliphatic carboxylic acids is 1. The summed E-state index contributed by atoms with van der Waals surface area (Å²) in [5.74, 6) is -0.210. The Morgan fingerprint density at radius 1 is 1.57 bits per heavy atom. The van der Waals surface area contributed by atoms with Gasteiger partial charge in [0.05, 0.1) is 0 Å². The summed E-state index contributed by atoms with van der Waals surface area (Å²) in [6.07, 6.45) is 2.53. The highest BCUT2D eigenvalue weighted by Crippen LogP contribution is 2.11. The van der Waals surface area contributed by atoms with E-state index in [1.807, 2.05) is 31.2 Å². The van der Waals surface area contributed by atoms with Gasteiger partial charge in [0.2, 0.25) is 0 Å². The summed E-state index contributed by atoms with van der Waals surface area (Å²) in [6.45, 7) is 2.25. The van der Waals surface area contributed by atoms with Crippen LogP contribution in [0.1, 0.15) is 5.56 Å². The van der Waals surface area contributed by atoms with Gasteiger partial charge in [0.25, 0.3) is 0 Å². The average Bonchev–Trinajstić information content (AvgIpc) is 2.12. The Balaban J connectivity index is 2.42. The van der Waals surface area contributed by atoms with Gasteiger partial charge < -0.3 is 9.84 Å². The number of hydrogen-bond donors (Lipinski definition) is 1. The molecule has 0 bridgehead atoms. The zero-order chi connectivity index (χ0) is 10.4. The average molecular weight is 192 g/mol. The third-order valence-corrected chi connectivity index (χ3v) is 1.60. The molecule has 74 valence electrons. The number of rotatable bonds is 4. The van der Waals surface area contributed by atoms with E-state index in [1.54, 1.807) is 0 Å². The van der Waals surface area contributed by atoms with Gasteiger partial charge in [-0.1, -0.05) is 12.1 Å². The molecule has 3 nitrogen and oxygen atoms in total. The molecule has 0 heterocycles. The van der Waals surface area contributed by atoms with E-state index in [2.05, 4.69) is 0 Å². The van der Waals surface area contributed by atoms with Crippen LogP contribution in [0.15, 0.2) is 36.4 Å². The number of carbonyl (C=O) groups is 1. The number of benzene rings is 1. The summed E-state index contributed by atoms with van der Waals surface area (Å²) in [4.78, 5) is 10.1. The van der Waals surface area contributed by atoms with Crippen LogP contribution in [0.25, 0.3) is 0 Å². The van der Waals surface area contributed by atoms with Crippen molar-refractivity contribution in [2.24, 2.45) is 0 Å². The first kappa shape index (κ1) is 10.3. The summed E-state index contributed by atoms with van der Waals surface area (Å²) < 4.78 is 5.29. The van der Waals surface area contributed by atoms with Crippen LogP contribution in [0, 0.1) is 6.92 Å². The maximum Gasteiger partial charge on any atom is 0.328 e. The molecule has 0 fully saturated rings. The molecule has 0 unspecified atom stereocenters. The van der Waals surface area contributed by atoms with Crippen molar-refractivity contribution in [3.8, 4) is 5.75 Å². The van der Waals surface area contributed by atoms with Gasteiger partial charge in [-0.3, -0.25) is 0 Å². The molecule has 0 atom stereocenters. The quantitative estimate of drug-likeness (QED) is 0.742. The van der Waals surface area contributed by atoms with Crippen LogP contribution >= 0.6 is 0 Å². The highest BCUT2D eigenvalue weighted by molar-refractivity contribution is 5.79. The molecule has 0 amide bonds. The van der Waals surface area contributed by atoms with Gasteiger partial charge in [-0.2, -0.15) is 0 Å². The van der Waals surface area contributed by atoms with Crippen molar-refractivity contribution in [2.45, 2.75) is 6.92 Å². The zero-order valence-electron chi connectivity index (χ0n) is 7.93. The fourth-order valence-electron chi connectivity index (χ4n) is 0.998. The molecule has 0 radical (unpaired) electrons. The lowest BCUT2D eigenvalue weighted by molar-refractivity contribution is -0.131. The van der Waals surface area contributed by atoms with Crippen LogP contribution in [0.5, 0.6) is 5.75 Å². The smallest absolute Gasteiger partial charge is 0.328 e. The molecule has 0 aliphatic rings. The lowest BCUT2D eigenvalue weighted by Gasteiger charge is -2.02. The van der Waals surface area contributed by atoms with Crippen molar-refractivity contribution in [3.63, 3.8) is 0 Å². The van der Waals surface area contributed by atoms with E-state index in [1.165, 1.54) is 6.08 Å². The summed E-state index contributed by atoms with van der Waals surface area (Å²) in [7, 11) is 0. The Morgan fingerprint density at radius 3 is 3.00 bits per heavy atom. The predicted molar refractivity (Wildman–Crippen MR) is 53.4 cm³/mol. The van der Waals surface area contributed by atoms with Gasteiger partial charge in [-0.15, -0.1) is 0 Å². The van der Waals surface area contributed by atoms with Gasteiger partial charge in [-0.25, -0.2) is 4.79 Å². The van der Waals surface area contributed by atoms with Crippen LogP contribution in [-0.2, 0) is 4.79 Å². The summed E-state index contributed by atoms with van der Waals surface area (Å²) >= 11 is 0. The molecule has 1 N–H and O–H groups in total. The third kappa shape index (κ3) is 3.76. The van der Waals surface area contributed by atoms with Crippen LogP contribution < -0.4 is 4.74 Å². The highest BCUT2D eigenvalue weighted by Gasteiger charge is 1.91. The molecule has 0 saturated carbocycles. The number of ether oxygens (including phenoxy) is 1. The van der Waals surface area contributed by atoms with E-state index in [0.717, 1.165) is 17.4 Å². The topological polar surface area (TPSA) is 46.5 Å². The highest BCUT2D eigenvalue weighted by atomic mass is 16.5. The Kier molecular flexibility index (Phi) is 3.73. The molecule has 14 heavy (non-hydrogen) atoms. The molecule has 1 aromatic rings. The van der Waals surface area contributed by atoms with Crippen molar-refractivity contribution in [1.29, 1.82) is 0 Å². The minimum Gasteiger partial charge on any atom is -0.490 e. The first-order valence-electron chi connectivity index (χ1n) is 4.27. The van der Waals surface area contributed by atoms with E-state index in [-0.39, 0.29) is 6.61 Å². The molecule has 3 heteroatoms. The Morgan fingerprint density at radius 2 is 2.36 bits per heavy atom. The Labute approximate surface area is 82.6 Å². The maximum absolute atomic E-state index is 10.1. The summed E-state index contributed by atoms with van der Waals surface area (Å²) in [5, 5.41) is 8.31. The minimum absolute atomic E-state index is 0.274. The molecule has 1 rings (SSSR count). The van der Waals surface area contributed by atoms with E-state index in [4.69, 9.17) is 9.84 Å². The first-order chi connectivity index (χ1) is 6.68. The number of hydrogen-bond acceptors (Lipinski definition) is 2. The molecule has 0 aliphatic carbocycles. The van der Waals surface area contributed by atoms with Crippen molar-refractivity contribution in [3.05, 3.63) is 42.0 Å². The largest absolute Gasteiger partial charge is 0.490 e. The van der Waals surface area contributed by atoms with Crippen molar-refractivity contribution < 1.29 is 14.6 Å². The maximum atomic E-state index is 10.1. The Hall–Kier alpha value is -1.77. The number of carboxylic acids is 1. The first-order valence-corrected chi connectivity index (χ1v) is 4.27. The van der Waals surface area contributed by atoms with Gasteiger partial charge in [0, 0.05) is 6.08 Å². The lowest BCUT2D eigenvalue weighted by Crippen LogP contribution is -1.95. The van der Waals surface area contributed by atoms with Crippen molar-refractivity contribution >= 4 is 5.97 Å². The fourth-order valence-corrected chi connectivity index (χ4v) is 0.998. The van der Waals surface area contributed by atoms with Gasteiger partial charge in [-0.05, 0) is 30.7 Å². The van der Waals surface area contributed by atoms with Crippen molar-refractivity contribution in [1.82, 2.24) is 0 Å². The van der Waals surface area contributed by atoms with Crippen molar-refractivity contribution in [2.75, 3.05) is 6.61 Å². The van der Waals surface area contributed by atoms with Crippen LogP contribution in [0.2, 0.25) is 0 Å².